The summed E-state index contributed by atoms with van der Waals surface area (Å²) >= 11 is 0. The zero-order valence-electron chi connectivity index (χ0n) is 23.0. The van der Waals surface area contributed by atoms with E-state index in [1.54, 1.807) is 37.7 Å². The van der Waals surface area contributed by atoms with Crippen LogP contribution in [0.3, 0.4) is 0 Å². The van der Waals surface area contributed by atoms with E-state index in [9.17, 15) is 14.4 Å². The molecule has 3 rings (SSSR count). The van der Waals surface area contributed by atoms with Gasteiger partial charge in [0.05, 0.1) is 0 Å². The van der Waals surface area contributed by atoms with Crippen LogP contribution in [0.25, 0.3) is 0 Å². The van der Waals surface area contributed by atoms with Crippen LogP contribution in [-0.4, -0.2) is 48.9 Å². The van der Waals surface area contributed by atoms with E-state index in [2.05, 4.69) is 0 Å². The molecule has 0 aliphatic rings. The topological polar surface area (TPSA) is 95.9 Å². The van der Waals surface area contributed by atoms with E-state index < -0.39 is 5.60 Å². The number of carbonyl (C=O) groups is 3. The van der Waals surface area contributed by atoms with Gasteiger partial charge in [0.1, 0.15) is 5.60 Å². The first kappa shape index (κ1) is 29.7. The first-order valence-corrected chi connectivity index (χ1v) is 13.3. The SMILES string of the molecule is COC(c1ccccc1)(c1ccc(C(=O)CCCCCCCC(=O)NO)cc1)c1cccc(C(=O)N(C)C)c1. The molecule has 0 fully saturated rings. The van der Waals surface area contributed by atoms with Crippen molar-refractivity contribution < 1.29 is 24.3 Å². The number of nitrogens with one attached hydrogen (secondary N) is 1. The number of Topliss-reactive ketones (excluding diaryl/α,β-unsaturated/α-hetero) is 1. The van der Waals surface area contributed by atoms with Gasteiger partial charge in [0.25, 0.3) is 5.91 Å². The van der Waals surface area contributed by atoms with Gasteiger partial charge in [-0.1, -0.05) is 86.0 Å². The Morgan fingerprint density at radius 3 is 1.95 bits per heavy atom. The van der Waals surface area contributed by atoms with Gasteiger partial charge in [-0.15, -0.1) is 0 Å². The minimum atomic E-state index is -0.974. The van der Waals surface area contributed by atoms with Crippen LogP contribution < -0.4 is 5.48 Å². The van der Waals surface area contributed by atoms with Crippen molar-refractivity contribution in [3.63, 3.8) is 0 Å². The van der Waals surface area contributed by atoms with Gasteiger partial charge < -0.3 is 9.64 Å². The van der Waals surface area contributed by atoms with Crippen molar-refractivity contribution in [2.24, 2.45) is 0 Å². The second-order valence-corrected chi connectivity index (χ2v) is 9.83. The van der Waals surface area contributed by atoms with Crippen LogP contribution in [0.4, 0.5) is 0 Å². The van der Waals surface area contributed by atoms with Gasteiger partial charge in [0, 0.05) is 45.2 Å². The van der Waals surface area contributed by atoms with Gasteiger partial charge in [0.15, 0.2) is 5.78 Å². The smallest absolute Gasteiger partial charge is 0.253 e. The Labute approximate surface area is 230 Å². The molecule has 39 heavy (non-hydrogen) atoms. The molecule has 1 atom stereocenters. The third-order valence-electron chi connectivity index (χ3n) is 6.95. The van der Waals surface area contributed by atoms with Crippen molar-refractivity contribution in [2.75, 3.05) is 21.2 Å². The lowest BCUT2D eigenvalue weighted by Gasteiger charge is -2.35. The molecule has 0 aliphatic carbocycles. The standard InChI is InChI=1S/C32H38N2O5/c1-34(2)31(37)25-13-12-16-28(23-25)32(39-3,26-14-8-7-9-15-26)27-21-19-24(20-22-27)29(35)17-10-5-4-6-11-18-30(36)33-38/h7-9,12-16,19-23,38H,4-6,10-11,17-18H2,1-3H3,(H,33,36). The number of ether oxygens (including phenoxy) is 1. The molecule has 206 valence electrons. The minimum Gasteiger partial charge on any atom is -0.364 e. The van der Waals surface area contributed by atoms with Crippen LogP contribution in [0.15, 0.2) is 78.9 Å². The Kier molecular flexibility index (Phi) is 11.0. The summed E-state index contributed by atoms with van der Waals surface area (Å²) in [7, 11) is 5.11. The van der Waals surface area contributed by atoms with E-state index >= 15 is 0 Å². The number of carbonyl (C=O) groups excluding carboxylic acids is 3. The summed E-state index contributed by atoms with van der Waals surface area (Å²) in [6.07, 6.45) is 5.00. The highest BCUT2D eigenvalue weighted by atomic mass is 16.5. The Balaban J connectivity index is 1.79. The monoisotopic (exact) mass is 530 g/mol. The molecule has 3 aromatic carbocycles. The maximum Gasteiger partial charge on any atom is 0.253 e. The Hall–Kier alpha value is -3.81. The zero-order chi connectivity index (χ0) is 28.3. The number of amides is 2. The lowest BCUT2D eigenvalue weighted by molar-refractivity contribution is -0.129. The van der Waals surface area contributed by atoms with Gasteiger partial charge in [-0.2, -0.15) is 0 Å². The fraction of sp³-hybridized carbons (Fsp3) is 0.344. The molecular formula is C32H38N2O5. The fourth-order valence-electron chi connectivity index (χ4n) is 4.85. The van der Waals surface area contributed by atoms with Gasteiger partial charge in [-0.05, 0) is 41.7 Å². The molecule has 7 nitrogen and oxygen atoms in total. The molecule has 3 aromatic rings. The molecule has 0 spiro atoms. The van der Waals surface area contributed by atoms with Crippen LogP contribution >= 0.6 is 0 Å². The van der Waals surface area contributed by atoms with Gasteiger partial charge in [0.2, 0.25) is 5.91 Å². The number of unbranched alkanes of at least 4 members (excludes halogenated alkanes) is 4. The second-order valence-electron chi connectivity index (χ2n) is 9.83. The van der Waals surface area contributed by atoms with E-state index in [1.165, 1.54) is 0 Å². The van der Waals surface area contributed by atoms with Crippen molar-refractivity contribution >= 4 is 17.6 Å². The molecule has 2 amide bonds. The highest BCUT2D eigenvalue weighted by Crippen LogP contribution is 2.40. The highest BCUT2D eigenvalue weighted by Gasteiger charge is 2.37. The molecule has 0 radical (unpaired) electrons. The van der Waals surface area contributed by atoms with Crippen LogP contribution in [0.2, 0.25) is 0 Å². The summed E-state index contributed by atoms with van der Waals surface area (Å²) in [5.74, 6) is -0.373. The van der Waals surface area contributed by atoms with Crippen LogP contribution in [-0.2, 0) is 15.1 Å². The molecule has 0 bridgehead atoms. The Morgan fingerprint density at radius 2 is 1.33 bits per heavy atom. The largest absolute Gasteiger partial charge is 0.364 e. The number of ketones is 1. The number of hydroxylamine groups is 1. The summed E-state index contributed by atoms with van der Waals surface area (Å²) in [4.78, 5) is 38.2. The number of hydrogen-bond donors (Lipinski definition) is 2. The zero-order valence-corrected chi connectivity index (χ0v) is 23.0. The molecule has 2 N–H and O–H groups in total. The van der Waals surface area contributed by atoms with Crippen molar-refractivity contribution in [1.82, 2.24) is 10.4 Å². The first-order chi connectivity index (χ1) is 18.8. The van der Waals surface area contributed by atoms with Gasteiger partial charge in [-0.3, -0.25) is 19.6 Å². The highest BCUT2D eigenvalue weighted by molar-refractivity contribution is 5.96. The normalized spacial score (nSPS) is 12.4. The van der Waals surface area contributed by atoms with E-state index in [0.717, 1.165) is 48.8 Å². The van der Waals surface area contributed by atoms with Crippen molar-refractivity contribution in [1.29, 1.82) is 0 Å². The molecule has 0 aliphatic heterocycles. The lowest BCUT2D eigenvalue weighted by Crippen LogP contribution is -2.32. The maximum atomic E-state index is 12.9. The second kappa shape index (κ2) is 14.4. The summed E-state index contributed by atoms with van der Waals surface area (Å²) in [6.45, 7) is 0. The van der Waals surface area contributed by atoms with Crippen LogP contribution in [0.1, 0.15) is 82.4 Å². The number of methoxy groups -OCH3 is 1. The fourth-order valence-corrected chi connectivity index (χ4v) is 4.85. The summed E-state index contributed by atoms with van der Waals surface area (Å²) in [5.41, 5.74) is 4.47. The third kappa shape index (κ3) is 7.40. The molecule has 0 saturated heterocycles. The molecule has 0 aromatic heterocycles. The third-order valence-corrected chi connectivity index (χ3v) is 6.95. The average molecular weight is 531 g/mol. The molecular weight excluding hydrogens is 492 g/mol. The van der Waals surface area contributed by atoms with Gasteiger partial charge >= 0.3 is 0 Å². The van der Waals surface area contributed by atoms with E-state index in [1.807, 2.05) is 72.8 Å². The number of nitrogens with zero attached hydrogens (tertiary/aromatic N) is 1. The number of rotatable bonds is 14. The predicted octanol–water partition coefficient (Wildman–Crippen LogP) is 5.75. The minimum absolute atomic E-state index is 0.0857. The van der Waals surface area contributed by atoms with E-state index in [0.29, 0.717) is 24.0 Å². The van der Waals surface area contributed by atoms with Crippen molar-refractivity contribution in [2.45, 2.75) is 50.5 Å². The molecule has 0 heterocycles. The van der Waals surface area contributed by atoms with Crippen molar-refractivity contribution in [3.8, 4) is 0 Å². The molecule has 0 saturated carbocycles. The quantitative estimate of drug-likeness (QED) is 0.0910. The van der Waals surface area contributed by atoms with E-state index in [-0.39, 0.29) is 17.6 Å². The Bertz CT molecular complexity index is 1240. The average Bonchev–Trinajstić information content (AvgIpc) is 2.97. The Morgan fingerprint density at radius 1 is 0.744 bits per heavy atom. The number of benzene rings is 3. The number of hydrogen-bond acceptors (Lipinski definition) is 5. The lowest BCUT2D eigenvalue weighted by atomic mass is 9.79. The van der Waals surface area contributed by atoms with E-state index in [4.69, 9.17) is 9.94 Å². The van der Waals surface area contributed by atoms with Crippen molar-refractivity contribution in [3.05, 3.63) is 107 Å². The summed E-state index contributed by atoms with van der Waals surface area (Å²) in [5, 5.41) is 8.53. The molecule has 1 unspecified atom stereocenters. The predicted molar refractivity (Wildman–Crippen MR) is 151 cm³/mol. The van der Waals surface area contributed by atoms with Crippen LogP contribution in [0.5, 0.6) is 0 Å². The summed E-state index contributed by atoms with van der Waals surface area (Å²) in [6, 6.07) is 24.9. The first-order valence-electron chi connectivity index (χ1n) is 13.3. The maximum absolute atomic E-state index is 12.9. The van der Waals surface area contributed by atoms with Gasteiger partial charge in [-0.25, -0.2) is 5.48 Å². The summed E-state index contributed by atoms with van der Waals surface area (Å²) < 4.78 is 6.28. The van der Waals surface area contributed by atoms with Crippen LogP contribution in [0, 0.1) is 0 Å². The molecule has 7 heteroatoms.